The van der Waals surface area contributed by atoms with Gasteiger partial charge in [-0.05, 0) is 59.7 Å². The zero-order valence-electron chi connectivity index (χ0n) is 25.2. The number of nitrogens with one attached hydrogen (secondary N) is 3. The van der Waals surface area contributed by atoms with Crippen LogP contribution in [0.2, 0.25) is 0 Å². The minimum absolute atomic E-state index is 0. The Morgan fingerprint density at radius 1 is 0.522 bits per heavy atom. The molecule has 0 saturated heterocycles. The van der Waals surface area contributed by atoms with E-state index in [0.717, 1.165) is 11.9 Å². The third-order valence-electron chi connectivity index (χ3n) is 9.61. The Bertz CT molecular complexity index is 2360. The Kier molecular flexibility index (Phi) is 6.87. The SMILES string of the molecule is C1=CC(c2cccc3c2[nH]c2cc4c(cc23)[nH]c2ccccc24)([NH+](c2ccccc2)c2ccccc2)CC=C1c1ccccc1.[Cl-]. The van der Waals surface area contributed by atoms with Crippen molar-refractivity contribution in [2.45, 2.75) is 12.0 Å². The summed E-state index contributed by atoms with van der Waals surface area (Å²) in [6, 6.07) is 52.6. The number of para-hydroxylation sites is 4. The Labute approximate surface area is 273 Å². The summed E-state index contributed by atoms with van der Waals surface area (Å²) in [5.74, 6) is 0. The van der Waals surface area contributed by atoms with Crippen molar-refractivity contribution in [2.75, 3.05) is 0 Å². The molecule has 8 aromatic rings. The standard InChI is InChI=1S/C42H31N3.ClH/c1-4-13-29(14-5-1)30-23-25-42(26-24-30,45(31-15-6-2-7-16-31)32-17-8-3-9-18-32)37-21-12-20-34-36-28-39-35(27-40(36)44-41(34)37)33-19-10-11-22-38(33)43-39;/h1-25,27-28,43-44H,26H2;1H. The molecular weight excluding hydrogens is 582 g/mol. The maximum Gasteiger partial charge on any atom is 0.157 e. The van der Waals surface area contributed by atoms with Gasteiger partial charge in [-0.2, -0.15) is 0 Å². The van der Waals surface area contributed by atoms with Crippen molar-refractivity contribution in [3.63, 3.8) is 0 Å². The van der Waals surface area contributed by atoms with Gasteiger partial charge in [-0.1, -0.05) is 115 Å². The lowest BCUT2D eigenvalue weighted by Gasteiger charge is -2.40. The van der Waals surface area contributed by atoms with E-state index in [1.54, 1.807) is 0 Å². The first kappa shape index (κ1) is 28.1. The highest BCUT2D eigenvalue weighted by atomic mass is 35.5. The first-order valence-corrected chi connectivity index (χ1v) is 15.7. The summed E-state index contributed by atoms with van der Waals surface area (Å²) < 4.78 is 0. The van der Waals surface area contributed by atoms with Gasteiger partial charge >= 0.3 is 0 Å². The molecule has 1 aliphatic carbocycles. The molecule has 0 spiro atoms. The van der Waals surface area contributed by atoms with E-state index >= 15 is 0 Å². The van der Waals surface area contributed by atoms with Gasteiger partial charge in [0.05, 0.1) is 5.52 Å². The number of halogens is 1. The molecule has 3 nitrogen and oxygen atoms in total. The maximum atomic E-state index is 3.93. The number of quaternary nitrogens is 1. The van der Waals surface area contributed by atoms with Crippen LogP contribution in [0.5, 0.6) is 0 Å². The number of aromatic amines is 2. The Balaban J connectivity index is 0.00000312. The molecule has 0 fully saturated rings. The van der Waals surface area contributed by atoms with E-state index in [0.29, 0.717) is 0 Å². The number of allylic oxidation sites excluding steroid dienone is 2. The van der Waals surface area contributed by atoms with Gasteiger partial charge < -0.3 is 22.4 Å². The highest BCUT2D eigenvalue weighted by Crippen LogP contribution is 2.41. The molecule has 4 heteroatoms. The van der Waals surface area contributed by atoms with Gasteiger partial charge in [-0.15, -0.1) is 0 Å². The van der Waals surface area contributed by atoms with Crippen LogP contribution < -0.4 is 17.3 Å². The van der Waals surface area contributed by atoms with Gasteiger partial charge in [-0.3, -0.25) is 4.90 Å². The van der Waals surface area contributed by atoms with E-state index in [-0.39, 0.29) is 12.4 Å². The number of hydrogen-bond acceptors (Lipinski definition) is 0. The van der Waals surface area contributed by atoms with Gasteiger partial charge in [0.2, 0.25) is 0 Å². The first-order chi connectivity index (χ1) is 22.3. The molecule has 0 aliphatic heterocycles. The molecule has 9 rings (SSSR count). The fourth-order valence-corrected chi connectivity index (χ4v) is 7.54. The quantitative estimate of drug-likeness (QED) is 0.192. The van der Waals surface area contributed by atoms with Crippen molar-refractivity contribution in [2.24, 2.45) is 0 Å². The normalized spacial score (nSPS) is 16.3. The lowest BCUT2D eigenvalue weighted by molar-refractivity contribution is -0.824. The van der Waals surface area contributed by atoms with E-state index in [9.17, 15) is 0 Å². The van der Waals surface area contributed by atoms with Crippen molar-refractivity contribution in [1.29, 1.82) is 0 Å². The summed E-state index contributed by atoms with van der Waals surface area (Å²) in [6.45, 7) is 0. The van der Waals surface area contributed by atoms with Crippen LogP contribution in [0.15, 0.2) is 164 Å². The molecule has 0 radical (unpaired) electrons. The molecule has 0 bridgehead atoms. The van der Waals surface area contributed by atoms with Crippen LogP contribution in [0, 0.1) is 0 Å². The van der Waals surface area contributed by atoms with Gasteiger partial charge in [0, 0.05) is 50.1 Å². The molecule has 0 amide bonds. The molecule has 0 saturated carbocycles. The topological polar surface area (TPSA) is 36.0 Å². The Morgan fingerprint density at radius 3 is 1.78 bits per heavy atom. The third kappa shape index (κ3) is 4.40. The highest BCUT2D eigenvalue weighted by molar-refractivity contribution is 6.17. The first-order valence-electron chi connectivity index (χ1n) is 15.7. The van der Waals surface area contributed by atoms with E-state index in [4.69, 9.17) is 0 Å². The van der Waals surface area contributed by atoms with Crippen molar-refractivity contribution < 1.29 is 17.3 Å². The van der Waals surface area contributed by atoms with Gasteiger partial charge in [0.25, 0.3) is 0 Å². The smallest absolute Gasteiger partial charge is 0.157 e. The highest BCUT2D eigenvalue weighted by Gasteiger charge is 2.45. The summed E-state index contributed by atoms with van der Waals surface area (Å²) in [7, 11) is 0. The lowest BCUT2D eigenvalue weighted by Crippen LogP contribution is -3.10. The largest absolute Gasteiger partial charge is 1.00 e. The zero-order chi connectivity index (χ0) is 29.8. The predicted octanol–water partition coefficient (Wildman–Crippen LogP) is 6.75. The molecular formula is C42H32ClN3. The van der Waals surface area contributed by atoms with E-state index in [1.807, 2.05) is 0 Å². The van der Waals surface area contributed by atoms with Crippen LogP contribution in [0.3, 0.4) is 0 Å². The van der Waals surface area contributed by atoms with Gasteiger partial charge in [0.1, 0.15) is 11.4 Å². The van der Waals surface area contributed by atoms with Crippen LogP contribution in [0.1, 0.15) is 17.5 Å². The second kappa shape index (κ2) is 11.2. The average molecular weight is 614 g/mol. The third-order valence-corrected chi connectivity index (χ3v) is 9.61. The minimum atomic E-state index is -0.408. The van der Waals surface area contributed by atoms with Gasteiger partial charge in [-0.25, -0.2) is 0 Å². The average Bonchev–Trinajstić information content (AvgIpc) is 3.66. The Morgan fingerprint density at radius 2 is 1.11 bits per heavy atom. The maximum absolute atomic E-state index is 3.93. The van der Waals surface area contributed by atoms with E-state index in [2.05, 4.69) is 174 Å². The summed E-state index contributed by atoms with van der Waals surface area (Å²) in [5, 5.41) is 4.98. The lowest BCUT2D eigenvalue weighted by atomic mass is 9.78. The fourth-order valence-electron chi connectivity index (χ4n) is 7.54. The monoisotopic (exact) mass is 613 g/mol. The van der Waals surface area contributed by atoms with Crippen molar-refractivity contribution in [3.05, 3.63) is 175 Å². The van der Waals surface area contributed by atoms with E-state index in [1.165, 1.54) is 71.1 Å². The van der Waals surface area contributed by atoms with Crippen LogP contribution >= 0.6 is 0 Å². The second-order valence-electron chi connectivity index (χ2n) is 12.1. The number of benzene rings is 6. The summed E-state index contributed by atoms with van der Waals surface area (Å²) in [4.78, 5) is 8.90. The van der Waals surface area contributed by atoms with Crippen LogP contribution in [-0.4, -0.2) is 9.97 Å². The molecule has 3 N–H and O–H groups in total. The molecule has 46 heavy (non-hydrogen) atoms. The molecule has 1 aliphatic rings. The number of fused-ring (bicyclic) bond motifs is 6. The molecule has 2 heterocycles. The van der Waals surface area contributed by atoms with Crippen molar-refractivity contribution in [1.82, 2.24) is 9.97 Å². The van der Waals surface area contributed by atoms with Crippen molar-refractivity contribution in [3.8, 4) is 0 Å². The van der Waals surface area contributed by atoms with Crippen LogP contribution in [0.4, 0.5) is 11.4 Å². The van der Waals surface area contributed by atoms with Crippen LogP contribution in [-0.2, 0) is 5.54 Å². The zero-order valence-corrected chi connectivity index (χ0v) is 25.9. The fraction of sp³-hybridized carbons (Fsp3) is 0.0476. The van der Waals surface area contributed by atoms with Crippen LogP contribution in [0.25, 0.3) is 49.2 Å². The Hall–Kier alpha value is -5.35. The molecule has 1 atom stereocenters. The predicted molar refractivity (Wildman–Crippen MR) is 188 cm³/mol. The van der Waals surface area contributed by atoms with E-state index < -0.39 is 5.54 Å². The number of rotatable bonds is 5. The number of H-pyrrole nitrogens is 2. The number of aromatic nitrogens is 2. The number of hydrogen-bond donors (Lipinski definition) is 3. The van der Waals surface area contributed by atoms with Crippen molar-refractivity contribution >= 4 is 60.6 Å². The second-order valence-corrected chi connectivity index (χ2v) is 12.1. The molecule has 6 aromatic carbocycles. The summed E-state index contributed by atoms with van der Waals surface area (Å²) >= 11 is 0. The molecule has 1 unspecified atom stereocenters. The molecule has 222 valence electrons. The summed E-state index contributed by atoms with van der Waals surface area (Å²) in [5.41, 5.74) is 10.5. The minimum Gasteiger partial charge on any atom is -1.00 e. The van der Waals surface area contributed by atoms with Gasteiger partial charge in [0.15, 0.2) is 5.54 Å². The molecule has 2 aromatic heterocycles. The summed E-state index contributed by atoms with van der Waals surface area (Å²) in [6.07, 6.45) is 8.06.